The Labute approximate surface area is 897 Å². The third-order valence-electron chi connectivity index (χ3n) is 24.0. The number of aromatic nitrogens is 20. The van der Waals surface area contributed by atoms with Gasteiger partial charge in [0.2, 0.25) is 0 Å². The normalized spacial score (nSPS) is 33.8. The van der Waals surface area contributed by atoms with E-state index in [9.17, 15) is 73.7 Å². The van der Waals surface area contributed by atoms with Gasteiger partial charge in [0.1, 0.15) is 72.1 Å². The lowest BCUT2D eigenvalue weighted by molar-refractivity contribution is -0.0629. The highest BCUT2D eigenvalue weighted by molar-refractivity contribution is 7.99. The van der Waals surface area contributed by atoms with Crippen molar-refractivity contribution in [1.82, 2.24) is 99.8 Å². The minimum absolute atomic E-state index is 0.0220. The number of ether oxygens (including phenoxy) is 4. The fourth-order valence-corrected chi connectivity index (χ4v) is 18.4. The van der Waals surface area contributed by atoms with E-state index in [1.54, 1.807) is 20.8 Å². The Hall–Kier alpha value is -9.52. The van der Waals surface area contributed by atoms with Crippen LogP contribution >= 0.6 is 47.0 Å². The maximum absolute atomic E-state index is 14.8. The Balaban J connectivity index is 0.000000160. The summed E-state index contributed by atoms with van der Waals surface area (Å²) in [5.41, 5.74) is -10.6. The molecular weight excluding hydrogens is 1950 g/mol. The molecule has 8 aliphatic carbocycles. The van der Waals surface area contributed by atoms with Crippen molar-refractivity contribution >= 4 is 115 Å². The summed E-state index contributed by atoms with van der Waals surface area (Å²) in [4.78, 5) is 34.8. The van der Waals surface area contributed by atoms with Gasteiger partial charge in [-0.25, -0.2) is 76.2 Å². The minimum atomic E-state index is -3.45. The van der Waals surface area contributed by atoms with E-state index in [0.717, 1.165) is 16.3 Å². The van der Waals surface area contributed by atoms with E-state index in [4.69, 9.17) is 76.1 Å². The zero-order valence-electron chi connectivity index (χ0n) is 115. The standard InChI is InChI=1S/4C24H31FN6O4S/c4*1-3-8-36-24-27-22(26-16-10-14(16)13-5-4-12(2)15(25)9-13)19-23(28-24)31(30-29-19)17-11-18(35-7-6-32)21(34)20(17)33/h4*4-5,9,14,16-18,20-21,32-34H,3,6-8,10-11H2,1-2H3,(H,26,27,28)/t4*14-,16+,17+,18-,20-,21+/m0000/s1/i4D,5D,6D2,7D2,8D2,9D,10D2;4D,5D,7D2,8D2,9D,10D2;4D,5D,6D2,8D2,9D,10D2;3D2,4D,5D,8D2,9D,10D2. The molecule has 0 bridgehead atoms. The van der Waals surface area contributed by atoms with Crippen molar-refractivity contribution < 1.29 is 150 Å². The van der Waals surface area contributed by atoms with Gasteiger partial charge < -0.3 is 101 Å². The van der Waals surface area contributed by atoms with Gasteiger partial charge in [-0.1, -0.05) is 144 Å². The van der Waals surface area contributed by atoms with Crippen LogP contribution in [0.5, 0.6) is 0 Å². The second-order valence-electron chi connectivity index (χ2n) is 33.6. The summed E-state index contributed by atoms with van der Waals surface area (Å²) in [6.45, 7) is -3.20. The van der Waals surface area contributed by atoms with Gasteiger partial charge in [-0.3, -0.25) is 0 Å². The lowest BCUT2D eigenvalue weighted by Gasteiger charge is -2.17. The number of halogens is 4. The van der Waals surface area contributed by atoms with Crippen LogP contribution in [0.2, 0.25) is 0 Å². The van der Waals surface area contributed by atoms with Crippen LogP contribution in [0.4, 0.5) is 40.8 Å². The molecule has 48 heteroatoms. The molecule has 8 heterocycles. The Morgan fingerprint density at radius 2 is 0.632 bits per heavy atom. The highest BCUT2D eigenvalue weighted by Gasteiger charge is 2.51. The maximum Gasteiger partial charge on any atom is 0.191 e. The zero-order chi connectivity index (χ0) is 135. The number of thioether (sulfide) groups is 4. The highest BCUT2D eigenvalue weighted by Crippen LogP contribution is 2.50. The van der Waals surface area contributed by atoms with Crippen LogP contribution < -0.4 is 21.3 Å². The van der Waals surface area contributed by atoms with E-state index in [0.29, 0.717) is 47.0 Å². The fraction of sp³-hybridized carbons (Fsp3) is 0.583. The van der Waals surface area contributed by atoms with Gasteiger partial charge >= 0.3 is 0 Å². The maximum atomic E-state index is 14.8. The summed E-state index contributed by atoms with van der Waals surface area (Å²) in [6.07, 6.45) is -28.4. The van der Waals surface area contributed by atoms with Crippen LogP contribution in [0.3, 0.4) is 0 Å². The summed E-state index contributed by atoms with van der Waals surface area (Å²) in [5, 5.41) is 166. The molecule has 0 aliphatic heterocycles. The third kappa shape index (κ3) is 23.8. The molecule has 8 saturated carbocycles. The first-order valence-corrected chi connectivity index (χ1v) is 48.3. The van der Waals surface area contributed by atoms with Crippen molar-refractivity contribution in [3.63, 3.8) is 0 Å². The van der Waals surface area contributed by atoms with Crippen molar-refractivity contribution in [2.45, 2.75) is 298 Å². The average Bonchev–Trinajstić information content (AvgIpc) is 1.55. The topological polar surface area (TPSA) is 554 Å². The van der Waals surface area contributed by atoms with Crippen LogP contribution in [0.15, 0.2) is 93.1 Å². The minimum Gasteiger partial charge on any atom is -0.394 e. The van der Waals surface area contributed by atoms with Crippen LogP contribution in [-0.4, -0.2) is 334 Å². The van der Waals surface area contributed by atoms with Crippen molar-refractivity contribution in [2.24, 2.45) is 0 Å². The van der Waals surface area contributed by atoms with Gasteiger partial charge in [0.05, 0.1) is 129 Å². The summed E-state index contributed by atoms with van der Waals surface area (Å²) < 4.78 is 393. The monoisotopic (exact) mass is 2110 g/mol. The number of hydrogen-bond acceptors (Lipinski definition) is 40. The van der Waals surface area contributed by atoms with Crippen LogP contribution in [0, 0.1) is 51.0 Å². The SMILES string of the molecule is [2H]c1c([2H])c([C@H]2[C@H](Nc3nc(SC([2H])([2H])C([2H])([2H])C)nc4c3nnn4[C@@H]3C[C@H](OCCO)[C@@H](O)[C@H]3O)C2([2H])[2H])c([2H])c(F)c1C.[2H]c1c([2H])c([C@H]2[C@H](Nc3nc(SC([2H])([2H])CC)nc4c3nnn4[C@@H]3C[C@H](OC([2H])([2H])C([2H])([2H])O)[C@@H](O)[C@H]3O)C2([2H])[2H])c([2H])c(F)c1C.[2H]c1c([2H])c([C@H]2[C@H](Nc3nc(SC([2H])([2H])CC)nc4c3nnn4[C@@H]3C[C@H](OC([2H])([2H])CO)[C@@H](O)[C@H]3O)C2([2H])[2H])c([2H])c(F)c1C.[2H]c1c([2H])c([C@H]2[C@H](Nc3nc(SC([2H])([2H])CC)nc4c3nnn4[C@@H]3C[C@H](OCC([2H])([2H])O)[C@@H](O)[C@H]3O)C2([2H])[2H])c([2H])c(F)c1C. The molecule has 4 aromatic carbocycles. The first-order chi connectivity index (χ1) is 84.0. The van der Waals surface area contributed by atoms with E-state index in [1.807, 2.05) is 0 Å². The number of anilines is 4. The molecule has 0 spiro atoms. The highest BCUT2D eigenvalue weighted by atomic mass is 32.2. The average molecular weight is 2110 g/mol. The molecule has 24 atom stereocenters. The van der Waals surface area contributed by atoms with Gasteiger partial charge in [-0.05, 0) is 147 Å². The van der Waals surface area contributed by atoms with Crippen molar-refractivity contribution in [1.29, 1.82) is 0 Å². The first-order valence-electron chi connectivity index (χ1n) is 64.1. The number of aliphatic hydroxyl groups excluding tert-OH is 10. The zero-order valence-corrected chi connectivity index (χ0v) is 80.5. The Bertz CT molecular complexity index is 8400. The predicted octanol–water partition coefficient (Wildman–Crippen LogP) is 8.73. The van der Waals surface area contributed by atoms with E-state index in [2.05, 4.69) is 102 Å². The van der Waals surface area contributed by atoms with Gasteiger partial charge in [0, 0.05) is 121 Å². The second kappa shape index (κ2) is 47.3. The molecule has 0 radical (unpaired) electrons. The Morgan fingerprint density at radius 3 is 0.889 bits per heavy atom. The van der Waals surface area contributed by atoms with E-state index >= 15 is 0 Å². The summed E-state index contributed by atoms with van der Waals surface area (Å²) >= 11 is 2.28. The molecule has 8 aliphatic rings. The first kappa shape index (κ1) is 67.4. The summed E-state index contributed by atoms with van der Waals surface area (Å²) in [7, 11) is 0. The third-order valence-corrected chi connectivity index (χ3v) is 27.0. The molecule has 0 unspecified atom stereocenters. The van der Waals surface area contributed by atoms with E-state index < -0.39 is 335 Å². The van der Waals surface area contributed by atoms with Gasteiger partial charge in [0.25, 0.3) is 0 Å². The quantitative estimate of drug-likeness (QED) is 0.00969. The largest absolute Gasteiger partial charge is 0.394 e. The summed E-state index contributed by atoms with van der Waals surface area (Å²) in [6, 6.07) is -15.6. The van der Waals surface area contributed by atoms with Crippen molar-refractivity contribution in [2.75, 3.05) is 96.8 Å². The van der Waals surface area contributed by atoms with Crippen LogP contribution in [0.25, 0.3) is 44.7 Å². The smallest absolute Gasteiger partial charge is 0.191 e. The lowest BCUT2D eigenvalue weighted by atomic mass is 10.1. The molecule has 8 aromatic heterocycles. The summed E-state index contributed by atoms with van der Waals surface area (Å²) in [5.74, 6) is -9.59. The number of rotatable bonds is 40. The number of benzene rings is 4. The molecule has 776 valence electrons. The Kier molecular flexibility index (Phi) is 22.2. The molecule has 20 rings (SSSR count). The molecular formula is C96H124F4N24O16S4. The number of fused-ring (bicyclic) bond motifs is 4. The van der Waals surface area contributed by atoms with Crippen molar-refractivity contribution in [3.05, 3.63) is 140 Å². The van der Waals surface area contributed by atoms with E-state index in [-0.39, 0.29) is 191 Å². The van der Waals surface area contributed by atoms with Crippen molar-refractivity contribution in [3.8, 4) is 0 Å². The molecule has 16 N–H and O–H groups in total. The Morgan fingerprint density at radius 1 is 0.361 bits per heavy atom. The number of aliphatic hydroxyl groups is 12. The molecule has 8 fully saturated rings. The van der Waals surface area contributed by atoms with Gasteiger partial charge in [-0.15, -0.1) is 20.4 Å². The molecule has 0 amide bonds. The number of nitrogens with zero attached hydrogens (tertiary/aromatic N) is 20. The van der Waals surface area contributed by atoms with Gasteiger partial charge in [-0.2, -0.15) is 0 Å². The van der Waals surface area contributed by atoms with E-state index in [1.165, 1.54) is 37.1 Å². The molecule has 0 saturated heterocycles. The van der Waals surface area contributed by atoms with Crippen LogP contribution in [-0.2, 0) is 18.9 Å². The molecule has 144 heavy (non-hydrogen) atoms. The lowest BCUT2D eigenvalue weighted by Crippen LogP contribution is -2.33. The number of nitrogens with one attached hydrogen (secondary N) is 4. The predicted molar refractivity (Wildman–Crippen MR) is 530 cm³/mol. The second-order valence-corrected chi connectivity index (χ2v) is 36.9. The molecule has 12 aromatic rings. The van der Waals surface area contributed by atoms with Gasteiger partial charge in [0.15, 0.2) is 88.6 Å². The fourth-order valence-electron chi connectivity index (χ4n) is 16.3. The number of hydrogen-bond donors (Lipinski definition) is 16. The molecule has 40 nitrogen and oxygen atoms in total. The van der Waals surface area contributed by atoms with Crippen LogP contribution in [0.1, 0.15) is 249 Å².